The van der Waals surface area contributed by atoms with Crippen LogP contribution in [-0.4, -0.2) is 21.5 Å². The Morgan fingerprint density at radius 1 is 1.13 bits per heavy atom. The third-order valence-electron chi connectivity index (χ3n) is 5.67. The van der Waals surface area contributed by atoms with Crippen LogP contribution in [0.1, 0.15) is 46.8 Å². The molecule has 2 heterocycles. The number of aryl methyl sites for hydroxylation is 1. The number of carbonyl (C=O) groups is 2. The summed E-state index contributed by atoms with van der Waals surface area (Å²) in [5.74, 6) is 0.541. The van der Waals surface area contributed by atoms with Crippen LogP contribution in [-0.2, 0) is 4.79 Å². The SMILES string of the molecule is Cc1cccc(NC(=O)c2cnn3c2NC2=C(C(=O)CCC2)[C@@H]3c2ccccc2)c1. The second-order valence-electron chi connectivity index (χ2n) is 7.78. The van der Waals surface area contributed by atoms with Gasteiger partial charge in [-0.1, -0.05) is 42.5 Å². The minimum Gasteiger partial charge on any atom is -0.343 e. The number of nitrogens with zero attached hydrogens (tertiary/aromatic N) is 2. The second kappa shape index (κ2) is 7.30. The molecule has 6 heteroatoms. The summed E-state index contributed by atoms with van der Waals surface area (Å²) in [6.45, 7) is 1.98. The van der Waals surface area contributed by atoms with Crippen LogP contribution < -0.4 is 10.6 Å². The number of rotatable bonds is 3. The topological polar surface area (TPSA) is 76.0 Å². The van der Waals surface area contributed by atoms with Gasteiger partial charge in [0.1, 0.15) is 17.4 Å². The molecule has 1 aliphatic carbocycles. The number of amides is 1. The molecule has 0 bridgehead atoms. The van der Waals surface area contributed by atoms with Crippen molar-refractivity contribution in [1.82, 2.24) is 9.78 Å². The number of aromatic nitrogens is 2. The Kier molecular flexibility index (Phi) is 4.47. The highest BCUT2D eigenvalue weighted by atomic mass is 16.1. The summed E-state index contributed by atoms with van der Waals surface area (Å²) in [5, 5.41) is 10.8. The largest absolute Gasteiger partial charge is 0.343 e. The highest BCUT2D eigenvalue weighted by molar-refractivity contribution is 6.08. The van der Waals surface area contributed by atoms with Crippen molar-refractivity contribution in [2.75, 3.05) is 10.6 Å². The van der Waals surface area contributed by atoms with Gasteiger partial charge in [0.15, 0.2) is 5.78 Å². The summed E-state index contributed by atoms with van der Waals surface area (Å²) < 4.78 is 1.77. The van der Waals surface area contributed by atoms with Gasteiger partial charge in [0, 0.05) is 23.4 Å². The monoisotopic (exact) mass is 398 g/mol. The normalized spacial score (nSPS) is 17.8. The van der Waals surface area contributed by atoms with E-state index in [1.807, 2.05) is 61.5 Å². The quantitative estimate of drug-likeness (QED) is 0.683. The van der Waals surface area contributed by atoms with E-state index in [-0.39, 0.29) is 17.7 Å². The summed E-state index contributed by atoms with van der Waals surface area (Å²) >= 11 is 0. The molecule has 2 aliphatic rings. The van der Waals surface area contributed by atoms with Gasteiger partial charge in [0.25, 0.3) is 5.91 Å². The smallest absolute Gasteiger partial charge is 0.261 e. The second-order valence-corrected chi connectivity index (χ2v) is 7.78. The minimum absolute atomic E-state index is 0.143. The van der Waals surface area contributed by atoms with Crippen LogP contribution in [0.4, 0.5) is 11.5 Å². The fourth-order valence-corrected chi connectivity index (χ4v) is 4.29. The molecule has 3 aromatic rings. The number of allylic oxidation sites excluding steroid dienone is 2. The lowest BCUT2D eigenvalue weighted by Crippen LogP contribution is -2.32. The lowest BCUT2D eigenvalue weighted by molar-refractivity contribution is -0.116. The number of fused-ring (bicyclic) bond motifs is 1. The number of benzene rings is 2. The third kappa shape index (κ3) is 3.10. The maximum absolute atomic E-state index is 13.0. The first-order valence-electron chi connectivity index (χ1n) is 10.2. The van der Waals surface area contributed by atoms with Crippen LogP contribution in [0.3, 0.4) is 0 Å². The summed E-state index contributed by atoms with van der Waals surface area (Å²) in [6.07, 6.45) is 3.72. The molecule has 1 amide bonds. The standard InChI is InChI=1S/C24H22N4O2/c1-15-7-5-10-17(13-15)26-24(30)18-14-25-28-22(16-8-3-2-4-9-16)21-19(27-23(18)28)11-6-12-20(21)29/h2-5,7-10,13-14,22,27H,6,11-12H2,1H3,(H,26,30)/t22-/m0/s1. The number of nitrogens with one attached hydrogen (secondary N) is 2. The van der Waals surface area contributed by atoms with Gasteiger partial charge in [-0.05, 0) is 43.0 Å². The first-order chi connectivity index (χ1) is 14.6. The number of hydrogen-bond acceptors (Lipinski definition) is 4. The molecule has 0 unspecified atom stereocenters. The summed E-state index contributed by atoms with van der Waals surface area (Å²) in [5.41, 5.74) is 4.91. The van der Waals surface area contributed by atoms with Crippen molar-refractivity contribution >= 4 is 23.2 Å². The Morgan fingerprint density at radius 2 is 1.97 bits per heavy atom. The molecule has 2 aromatic carbocycles. The highest BCUT2D eigenvalue weighted by Gasteiger charge is 2.37. The molecule has 6 nitrogen and oxygen atoms in total. The van der Waals surface area contributed by atoms with Gasteiger partial charge < -0.3 is 10.6 Å². The molecule has 0 spiro atoms. The Labute approximate surface area is 174 Å². The maximum Gasteiger partial charge on any atom is 0.261 e. The Balaban J connectivity index is 1.57. The van der Waals surface area contributed by atoms with E-state index in [2.05, 4.69) is 15.7 Å². The molecule has 1 atom stereocenters. The summed E-state index contributed by atoms with van der Waals surface area (Å²) in [4.78, 5) is 25.9. The number of ketones is 1. The van der Waals surface area contributed by atoms with Gasteiger partial charge in [0.2, 0.25) is 0 Å². The summed E-state index contributed by atoms with van der Waals surface area (Å²) in [6, 6.07) is 17.2. The van der Waals surface area contributed by atoms with Crippen molar-refractivity contribution in [2.45, 2.75) is 32.2 Å². The molecule has 5 rings (SSSR count). The Hall–Kier alpha value is -3.67. The molecule has 1 aromatic heterocycles. The van der Waals surface area contributed by atoms with E-state index in [4.69, 9.17) is 0 Å². The van der Waals surface area contributed by atoms with Crippen LogP contribution in [0, 0.1) is 6.92 Å². The fourth-order valence-electron chi connectivity index (χ4n) is 4.29. The van der Waals surface area contributed by atoms with Gasteiger partial charge in [-0.2, -0.15) is 5.10 Å². The molecule has 0 fully saturated rings. The predicted octanol–water partition coefficient (Wildman–Crippen LogP) is 4.47. The Bertz CT molecular complexity index is 1180. The predicted molar refractivity (Wildman–Crippen MR) is 115 cm³/mol. The van der Waals surface area contributed by atoms with Gasteiger partial charge in [-0.3, -0.25) is 9.59 Å². The van der Waals surface area contributed by atoms with Gasteiger partial charge in [0.05, 0.1) is 6.20 Å². The highest BCUT2D eigenvalue weighted by Crippen LogP contribution is 2.41. The van der Waals surface area contributed by atoms with E-state index in [1.54, 1.807) is 10.9 Å². The number of carbonyl (C=O) groups excluding carboxylic acids is 2. The molecule has 30 heavy (non-hydrogen) atoms. The molecule has 150 valence electrons. The van der Waals surface area contributed by atoms with Crippen molar-refractivity contribution in [3.05, 3.63) is 88.8 Å². The zero-order valence-corrected chi connectivity index (χ0v) is 16.7. The van der Waals surface area contributed by atoms with E-state index >= 15 is 0 Å². The van der Waals surface area contributed by atoms with Crippen LogP contribution >= 0.6 is 0 Å². The number of anilines is 2. The van der Waals surface area contributed by atoms with E-state index in [1.165, 1.54) is 0 Å². The fraction of sp³-hybridized carbons (Fsp3) is 0.208. The van der Waals surface area contributed by atoms with E-state index < -0.39 is 0 Å². The van der Waals surface area contributed by atoms with Crippen LogP contribution in [0.5, 0.6) is 0 Å². The van der Waals surface area contributed by atoms with E-state index in [0.717, 1.165) is 40.9 Å². The van der Waals surface area contributed by atoms with E-state index in [0.29, 0.717) is 17.8 Å². The molecular weight excluding hydrogens is 376 g/mol. The van der Waals surface area contributed by atoms with Crippen LogP contribution in [0.2, 0.25) is 0 Å². The molecule has 0 radical (unpaired) electrons. The average molecular weight is 398 g/mol. The van der Waals surface area contributed by atoms with Crippen molar-refractivity contribution in [3.63, 3.8) is 0 Å². The molecule has 2 N–H and O–H groups in total. The van der Waals surface area contributed by atoms with Gasteiger partial charge >= 0.3 is 0 Å². The summed E-state index contributed by atoms with van der Waals surface area (Å²) in [7, 11) is 0. The number of Topliss-reactive ketones (excluding diaryl/α,β-unsaturated/α-hetero) is 1. The lowest BCUT2D eigenvalue weighted by Gasteiger charge is -2.33. The van der Waals surface area contributed by atoms with Crippen LogP contribution in [0.25, 0.3) is 0 Å². The van der Waals surface area contributed by atoms with Gasteiger partial charge in [-0.15, -0.1) is 0 Å². The van der Waals surface area contributed by atoms with Gasteiger partial charge in [-0.25, -0.2) is 4.68 Å². The van der Waals surface area contributed by atoms with Crippen molar-refractivity contribution in [1.29, 1.82) is 0 Å². The Morgan fingerprint density at radius 3 is 2.77 bits per heavy atom. The minimum atomic E-state index is -0.328. The maximum atomic E-state index is 13.0. The van der Waals surface area contributed by atoms with E-state index in [9.17, 15) is 9.59 Å². The molecule has 1 aliphatic heterocycles. The molecule has 0 saturated heterocycles. The average Bonchev–Trinajstić information content (AvgIpc) is 3.17. The zero-order chi connectivity index (χ0) is 20.7. The number of hydrogen-bond donors (Lipinski definition) is 2. The first-order valence-corrected chi connectivity index (χ1v) is 10.2. The zero-order valence-electron chi connectivity index (χ0n) is 16.7. The lowest BCUT2D eigenvalue weighted by atomic mass is 9.85. The van der Waals surface area contributed by atoms with Crippen molar-refractivity contribution in [2.24, 2.45) is 0 Å². The van der Waals surface area contributed by atoms with Crippen molar-refractivity contribution in [3.8, 4) is 0 Å². The molecule has 0 saturated carbocycles. The molecular formula is C24H22N4O2. The third-order valence-corrected chi connectivity index (χ3v) is 5.67. The van der Waals surface area contributed by atoms with Crippen LogP contribution in [0.15, 0.2) is 72.1 Å². The first kappa shape index (κ1) is 18.4. The van der Waals surface area contributed by atoms with Crippen molar-refractivity contribution < 1.29 is 9.59 Å².